The van der Waals surface area contributed by atoms with Gasteiger partial charge in [0.25, 0.3) is 5.91 Å². The number of amides is 1. The van der Waals surface area contributed by atoms with Crippen molar-refractivity contribution in [1.29, 1.82) is 0 Å². The second kappa shape index (κ2) is 9.34. The molecule has 1 fully saturated rings. The number of hydrogen-bond donors (Lipinski definition) is 1. The Morgan fingerprint density at radius 2 is 2.00 bits per heavy atom. The van der Waals surface area contributed by atoms with Crippen molar-refractivity contribution < 1.29 is 9.53 Å². The third-order valence-electron chi connectivity index (χ3n) is 4.82. The van der Waals surface area contributed by atoms with Crippen LogP contribution in [-0.2, 0) is 6.61 Å². The summed E-state index contributed by atoms with van der Waals surface area (Å²) in [6.45, 7) is 6.57. The standard InChI is InChI=1S/C21H27N3O2/c1-17-8-12-24(13-9-17)14-11-23-21(25)19-7-10-22-20(15-19)26-16-18-5-3-2-4-6-18/h2-7,10,15,17H,8-9,11-14,16H2,1H3,(H,23,25). The zero-order chi connectivity index (χ0) is 18.2. The van der Waals surface area contributed by atoms with Crippen LogP contribution in [0.1, 0.15) is 35.7 Å². The summed E-state index contributed by atoms with van der Waals surface area (Å²) in [4.78, 5) is 19.0. The quantitative estimate of drug-likeness (QED) is 0.831. The molecule has 1 aromatic carbocycles. The van der Waals surface area contributed by atoms with E-state index in [1.807, 2.05) is 30.3 Å². The average Bonchev–Trinajstić information content (AvgIpc) is 2.69. The SMILES string of the molecule is CC1CCN(CCNC(=O)c2ccnc(OCc3ccccc3)c2)CC1. The van der Waals surface area contributed by atoms with E-state index in [0.29, 0.717) is 24.6 Å². The van der Waals surface area contributed by atoms with E-state index in [-0.39, 0.29) is 5.91 Å². The van der Waals surface area contributed by atoms with Crippen LogP contribution in [0.15, 0.2) is 48.7 Å². The highest BCUT2D eigenvalue weighted by molar-refractivity contribution is 5.94. The number of carbonyl (C=O) groups excluding carboxylic acids is 1. The van der Waals surface area contributed by atoms with Crippen molar-refractivity contribution in [3.8, 4) is 5.88 Å². The molecule has 1 aliphatic heterocycles. The lowest BCUT2D eigenvalue weighted by Crippen LogP contribution is -2.39. The first-order valence-electron chi connectivity index (χ1n) is 9.34. The molecule has 0 radical (unpaired) electrons. The van der Waals surface area contributed by atoms with Gasteiger partial charge >= 0.3 is 0 Å². The predicted molar refractivity (Wildman–Crippen MR) is 102 cm³/mol. The van der Waals surface area contributed by atoms with Gasteiger partial charge in [-0.1, -0.05) is 37.3 Å². The third-order valence-corrected chi connectivity index (χ3v) is 4.82. The fraction of sp³-hybridized carbons (Fsp3) is 0.429. The Balaban J connectivity index is 1.45. The van der Waals surface area contributed by atoms with Crippen LogP contribution in [0.25, 0.3) is 0 Å². The Hall–Kier alpha value is -2.40. The predicted octanol–water partition coefficient (Wildman–Crippen LogP) is 3.12. The number of ether oxygens (including phenoxy) is 1. The lowest BCUT2D eigenvalue weighted by atomic mass is 9.99. The van der Waals surface area contributed by atoms with Crippen LogP contribution in [0.4, 0.5) is 0 Å². The van der Waals surface area contributed by atoms with Crippen molar-refractivity contribution in [3.05, 3.63) is 59.8 Å². The topological polar surface area (TPSA) is 54.5 Å². The molecule has 0 atom stereocenters. The first kappa shape index (κ1) is 18.4. The molecule has 1 amide bonds. The number of benzene rings is 1. The zero-order valence-electron chi connectivity index (χ0n) is 15.4. The van der Waals surface area contributed by atoms with Crippen LogP contribution >= 0.6 is 0 Å². The van der Waals surface area contributed by atoms with E-state index < -0.39 is 0 Å². The van der Waals surface area contributed by atoms with Crippen LogP contribution in [0, 0.1) is 5.92 Å². The Bertz CT molecular complexity index is 697. The second-order valence-electron chi connectivity index (χ2n) is 6.94. The van der Waals surface area contributed by atoms with Gasteiger partial charge in [0, 0.05) is 30.9 Å². The molecule has 2 heterocycles. The van der Waals surface area contributed by atoms with E-state index in [2.05, 4.69) is 22.1 Å². The largest absolute Gasteiger partial charge is 0.473 e. The van der Waals surface area contributed by atoms with Gasteiger partial charge in [-0.2, -0.15) is 0 Å². The van der Waals surface area contributed by atoms with Gasteiger partial charge in [0.1, 0.15) is 6.61 Å². The van der Waals surface area contributed by atoms with Crippen LogP contribution < -0.4 is 10.1 Å². The summed E-state index contributed by atoms with van der Waals surface area (Å²) in [7, 11) is 0. The highest BCUT2D eigenvalue weighted by Gasteiger charge is 2.15. The molecule has 0 bridgehead atoms. The van der Waals surface area contributed by atoms with Gasteiger partial charge in [0.05, 0.1) is 0 Å². The average molecular weight is 353 g/mol. The normalized spacial score (nSPS) is 15.6. The Kier molecular flexibility index (Phi) is 6.61. The number of hydrogen-bond acceptors (Lipinski definition) is 4. The number of piperidine rings is 1. The molecule has 2 aromatic rings. The van der Waals surface area contributed by atoms with Crippen molar-refractivity contribution in [2.24, 2.45) is 5.92 Å². The van der Waals surface area contributed by atoms with Gasteiger partial charge in [-0.25, -0.2) is 4.98 Å². The Labute approximate surface area is 155 Å². The van der Waals surface area contributed by atoms with Crippen molar-refractivity contribution in [1.82, 2.24) is 15.2 Å². The summed E-state index contributed by atoms with van der Waals surface area (Å²) in [5.41, 5.74) is 1.65. The summed E-state index contributed by atoms with van der Waals surface area (Å²) in [6, 6.07) is 13.3. The van der Waals surface area contributed by atoms with E-state index in [1.165, 1.54) is 12.8 Å². The van der Waals surface area contributed by atoms with Crippen molar-refractivity contribution in [2.75, 3.05) is 26.2 Å². The van der Waals surface area contributed by atoms with Gasteiger partial charge in [-0.3, -0.25) is 4.79 Å². The molecule has 1 aromatic heterocycles. The maximum Gasteiger partial charge on any atom is 0.251 e. The molecule has 5 heteroatoms. The van der Waals surface area contributed by atoms with Crippen molar-refractivity contribution in [2.45, 2.75) is 26.4 Å². The molecule has 0 aliphatic carbocycles. The number of carbonyl (C=O) groups is 1. The van der Waals surface area contributed by atoms with Crippen LogP contribution in [0.3, 0.4) is 0 Å². The maximum absolute atomic E-state index is 12.4. The molecule has 26 heavy (non-hydrogen) atoms. The van der Waals surface area contributed by atoms with E-state index in [4.69, 9.17) is 4.74 Å². The number of nitrogens with one attached hydrogen (secondary N) is 1. The van der Waals surface area contributed by atoms with Crippen LogP contribution in [0.5, 0.6) is 5.88 Å². The van der Waals surface area contributed by atoms with Crippen LogP contribution in [0.2, 0.25) is 0 Å². The third kappa shape index (κ3) is 5.56. The minimum Gasteiger partial charge on any atom is -0.473 e. The van der Waals surface area contributed by atoms with Crippen molar-refractivity contribution in [3.63, 3.8) is 0 Å². The fourth-order valence-corrected chi connectivity index (χ4v) is 3.08. The number of pyridine rings is 1. The van der Waals surface area contributed by atoms with Gasteiger partial charge < -0.3 is 15.0 Å². The second-order valence-corrected chi connectivity index (χ2v) is 6.94. The van der Waals surface area contributed by atoms with Gasteiger partial charge in [0.15, 0.2) is 0 Å². The highest BCUT2D eigenvalue weighted by atomic mass is 16.5. The Morgan fingerprint density at radius 1 is 1.23 bits per heavy atom. The highest BCUT2D eigenvalue weighted by Crippen LogP contribution is 2.15. The van der Waals surface area contributed by atoms with E-state index >= 15 is 0 Å². The van der Waals surface area contributed by atoms with Crippen LogP contribution in [-0.4, -0.2) is 42.0 Å². The molecule has 0 unspecified atom stereocenters. The van der Waals surface area contributed by atoms with Gasteiger partial charge in [-0.15, -0.1) is 0 Å². The molecule has 0 spiro atoms. The molecule has 1 saturated heterocycles. The molecular formula is C21H27N3O2. The van der Waals surface area contributed by atoms with E-state index in [1.54, 1.807) is 18.3 Å². The number of likely N-dealkylation sites (tertiary alicyclic amines) is 1. The summed E-state index contributed by atoms with van der Waals surface area (Å²) in [5.74, 6) is 1.21. The number of aromatic nitrogens is 1. The molecule has 1 aliphatic rings. The van der Waals surface area contributed by atoms with E-state index in [0.717, 1.165) is 31.1 Å². The molecule has 0 saturated carbocycles. The molecular weight excluding hydrogens is 326 g/mol. The molecule has 3 rings (SSSR count). The van der Waals surface area contributed by atoms with Gasteiger partial charge in [-0.05, 0) is 43.5 Å². The summed E-state index contributed by atoms with van der Waals surface area (Å²) >= 11 is 0. The number of rotatable bonds is 7. The Morgan fingerprint density at radius 3 is 2.77 bits per heavy atom. The fourth-order valence-electron chi connectivity index (χ4n) is 3.08. The van der Waals surface area contributed by atoms with E-state index in [9.17, 15) is 4.79 Å². The first-order chi connectivity index (χ1) is 12.7. The minimum atomic E-state index is -0.0812. The summed E-state index contributed by atoms with van der Waals surface area (Å²) < 4.78 is 5.69. The zero-order valence-corrected chi connectivity index (χ0v) is 15.4. The monoisotopic (exact) mass is 353 g/mol. The molecule has 138 valence electrons. The first-order valence-corrected chi connectivity index (χ1v) is 9.34. The maximum atomic E-state index is 12.4. The molecule has 5 nitrogen and oxygen atoms in total. The lowest BCUT2D eigenvalue weighted by molar-refractivity contribution is 0.0943. The minimum absolute atomic E-state index is 0.0812. The summed E-state index contributed by atoms with van der Waals surface area (Å²) in [5, 5.41) is 2.99. The van der Waals surface area contributed by atoms with Gasteiger partial charge in [0.2, 0.25) is 5.88 Å². The lowest BCUT2D eigenvalue weighted by Gasteiger charge is -2.30. The van der Waals surface area contributed by atoms with Crippen molar-refractivity contribution >= 4 is 5.91 Å². The smallest absolute Gasteiger partial charge is 0.251 e. The number of nitrogens with zero attached hydrogens (tertiary/aromatic N) is 2. The summed E-state index contributed by atoms with van der Waals surface area (Å²) in [6.07, 6.45) is 4.11. The molecule has 1 N–H and O–H groups in total.